The summed E-state index contributed by atoms with van der Waals surface area (Å²) < 4.78 is 0. The first-order valence-electron chi connectivity index (χ1n) is 8.66. The number of amides is 1. The van der Waals surface area contributed by atoms with Gasteiger partial charge in [-0.05, 0) is 44.1 Å². The van der Waals surface area contributed by atoms with Crippen LogP contribution in [0.15, 0.2) is 18.2 Å². The lowest BCUT2D eigenvalue weighted by molar-refractivity contribution is -0.139. The van der Waals surface area contributed by atoms with Crippen molar-refractivity contribution in [2.75, 3.05) is 46.3 Å². The average molecular weight is 370 g/mol. The van der Waals surface area contributed by atoms with Gasteiger partial charge in [0.15, 0.2) is 0 Å². The van der Waals surface area contributed by atoms with Crippen LogP contribution >= 0.6 is 23.2 Å². The van der Waals surface area contributed by atoms with Crippen molar-refractivity contribution < 1.29 is 4.79 Å². The summed E-state index contributed by atoms with van der Waals surface area (Å²) in [5.74, 6) is 0.447. The molecule has 1 amide bonds. The molecule has 2 heterocycles. The van der Waals surface area contributed by atoms with Crippen molar-refractivity contribution in [1.82, 2.24) is 14.7 Å². The lowest BCUT2D eigenvalue weighted by Gasteiger charge is -2.38. The van der Waals surface area contributed by atoms with E-state index < -0.39 is 0 Å². The van der Waals surface area contributed by atoms with Crippen molar-refractivity contribution in [2.24, 2.45) is 5.92 Å². The highest BCUT2D eigenvalue weighted by atomic mass is 35.5. The summed E-state index contributed by atoms with van der Waals surface area (Å²) in [5, 5.41) is 1.36. The first-order valence-corrected chi connectivity index (χ1v) is 9.42. The molecule has 2 saturated heterocycles. The number of carbonyl (C=O) groups excluding carboxylic acids is 1. The third-order valence-electron chi connectivity index (χ3n) is 5.08. The zero-order chi connectivity index (χ0) is 17.1. The second-order valence-corrected chi connectivity index (χ2v) is 7.78. The predicted octanol–water partition coefficient (Wildman–Crippen LogP) is 2.98. The second-order valence-electron chi connectivity index (χ2n) is 6.94. The Labute approximate surface area is 154 Å². The number of rotatable bonds is 3. The van der Waals surface area contributed by atoms with E-state index in [-0.39, 0.29) is 5.92 Å². The number of halogens is 2. The van der Waals surface area contributed by atoms with E-state index in [2.05, 4.69) is 16.8 Å². The molecule has 0 spiro atoms. The standard InChI is InChI=1S/C18H25Cl2N3O/c1-21-7-9-23(10-8-21)18(24)15-3-2-6-22(13-15)12-14-4-5-16(19)11-17(14)20/h4-5,11,15H,2-3,6-10,12-13H2,1H3/t15-/m1/s1. The molecular weight excluding hydrogens is 345 g/mol. The molecule has 1 aromatic rings. The maximum absolute atomic E-state index is 12.8. The predicted molar refractivity (Wildman–Crippen MR) is 98.5 cm³/mol. The molecular formula is C18H25Cl2N3O. The van der Waals surface area contributed by atoms with Crippen LogP contribution in [0.25, 0.3) is 0 Å². The van der Waals surface area contributed by atoms with Crippen molar-refractivity contribution >= 4 is 29.1 Å². The topological polar surface area (TPSA) is 26.8 Å². The fourth-order valence-corrected chi connectivity index (χ4v) is 4.04. The van der Waals surface area contributed by atoms with Gasteiger partial charge in [0.05, 0.1) is 5.92 Å². The van der Waals surface area contributed by atoms with Crippen LogP contribution in [0.5, 0.6) is 0 Å². The molecule has 1 aromatic carbocycles. The zero-order valence-corrected chi connectivity index (χ0v) is 15.7. The van der Waals surface area contributed by atoms with Gasteiger partial charge in [0, 0.05) is 49.3 Å². The number of piperazine rings is 1. The minimum Gasteiger partial charge on any atom is -0.340 e. The Morgan fingerprint density at radius 3 is 2.62 bits per heavy atom. The Balaban J connectivity index is 1.58. The summed E-state index contributed by atoms with van der Waals surface area (Å²) in [6, 6.07) is 5.64. The molecule has 4 nitrogen and oxygen atoms in total. The molecule has 0 aliphatic carbocycles. The van der Waals surface area contributed by atoms with E-state index in [1.807, 2.05) is 17.0 Å². The molecule has 24 heavy (non-hydrogen) atoms. The molecule has 2 aliphatic rings. The summed E-state index contributed by atoms with van der Waals surface area (Å²) in [6.07, 6.45) is 2.06. The van der Waals surface area contributed by atoms with Gasteiger partial charge in [0.2, 0.25) is 5.91 Å². The van der Waals surface area contributed by atoms with Crippen molar-refractivity contribution in [3.8, 4) is 0 Å². The monoisotopic (exact) mass is 369 g/mol. The van der Waals surface area contributed by atoms with E-state index in [1.54, 1.807) is 6.07 Å². The maximum atomic E-state index is 12.8. The molecule has 0 bridgehead atoms. The number of carbonyl (C=O) groups is 1. The maximum Gasteiger partial charge on any atom is 0.227 e. The lowest BCUT2D eigenvalue weighted by atomic mass is 9.95. The minimum atomic E-state index is 0.119. The largest absolute Gasteiger partial charge is 0.340 e. The smallest absolute Gasteiger partial charge is 0.227 e. The Bertz CT molecular complexity index is 588. The zero-order valence-electron chi connectivity index (χ0n) is 14.2. The molecule has 0 N–H and O–H groups in total. The van der Waals surface area contributed by atoms with Gasteiger partial charge in [-0.3, -0.25) is 9.69 Å². The van der Waals surface area contributed by atoms with Crippen LogP contribution in [-0.4, -0.2) is 66.9 Å². The van der Waals surface area contributed by atoms with E-state index in [4.69, 9.17) is 23.2 Å². The number of hydrogen-bond donors (Lipinski definition) is 0. The Morgan fingerprint density at radius 1 is 1.17 bits per heavy atom. The van der Waals surface area contributed by atoms with Crippen molar-refractivity contribution in [3.63, 3.8) is 0 Å². The summed E-state index contributed by atoms with van der Waals surface area (Å²) in [6.45, 7) is 6.28. The highest BCUT2D eigenvalue weighted by Crippen LogP contribution is 2.25. The summed E-state index contributed by atoms with van der Waals surface area (Å²) >= 11 is 12.3. The Hall–Kier alpha value is -0.810. The number of hydrogen-bond acceptors (Lipinski definition) is 3. The molecule has 0 radical (unpaired) electrons. The Morgan fingerprint density at radius 2 is 1.92 bits per heavy atom. The van der Waals surface area contributed by atoms with Gasteiger partial charge in [-0.15, -0.1) is 0 Å². The van der Waals surface area contributed by atoms with E-state index in [1.165, 1.54) is 0 Å². The molecule has 1 atom stereocenters. The molecule has 132 valence electrons. The number of likely N-dealkylation sites (tertiary alicyclic amines) is 1. The highest BCUT2D eigenvalue weighted by Gasteiger charge is 2.30. The third-order valence-corrected chi connectivity index (χ3v) is 5.67. The quantitative estimate of drug-likeness (QED) is 0.819. The molecule has 0 aromatic heterocycles. The Kier molecular flexibility index (Phi) is 6.03. The number of piperidine rings is 1. The van der Waals surface area contributed by atoms with Gasteiger partial charge in [-0.1, -0.05) is 29.3 Å². The van der Waals surface area contributed by atoms with Crippen LogP contribution < -0.4 is 0 Å². The molecule has 6 heteroatoms. The van der Waals surface area contributed by atoms with Crippen LogP contribution in [0.4, 0.5) is 0 Å². The molecule has 2 fully saturated rings. The number of likely N-dealkylation sites (N-methyl/N-ethyl adjacent to an activating group) is 1. The fraction of sp³-hybridized carbons (Fsp3) is 0.611. The highest BCUT2D eigenvalue weighted by molar-refractivity contribution is 6.35. The van der Waals surface area contributed by atoms with Crippen molar-refractivity contribution in [2.45, 2.75) is 19.4 Å². The van der Waals surface area contributed by atoms with Gasteiger partial charge >= 0.3 is 0 Å². The SMILES string of the molecule is CN1CCN(C(=O)[C@@H]2CCCN(Cc3ccc(Cl)cc3Cl)C2)CC1. The fourth-order valence-electron chi connectivity index (χ4n) is 3.58. The first kappa shape index (κ1) is 18.0. The first-order chi connectivity index (χ1) is 11.5. The van der Waals surface area contributed by atoms with Gasteiger partial charge in [0.25, 0.3) is 0 Å². The van der Waals surface area contributed by atoms with E-state index in [9.17, 15) is 4.79 Å². The van der Waals surface area contributed by atoms with Crippen LogP contribution in [0.3, 0.4) is 0 Å². The van der Waals surface area contributed by atoms with Gasteiger partial charge in [-0.25, -0.2) is 0 Å². The third kappa shape index (κ3) is 4.42. The molecule has 0 saturated carbocycles. The summed E-state index contributed by atoms with van der Waals surface area (Å²) in [5.41, 5.74) is 1.08. The molecule has 0 unspecified atom stereocenters. The summed E-state index contributed by atoms with van der Waals surface area (Å²) in [4.78, 5) is 19.5. The lowest BCUT2D eigenvalue weighted by Crippen LogP contribution is -2.51. The van der Waals surface area contributed by atoms with E-state index >= 15 is 0 Å². The van der Waals surface area contributed by atoms with Crippen LogP contribution in [0, 0.1) is 5.92 Å². The summed E-state index contributed by atoms with van der Waals surface area (Å²) in [7, 11) is 2.11. The average Bonchev–Trinajstić information content (AvgIpc) is 2.58. The molecule has 2 aliphatic heterocycles. The van der Waals surface area contributed by atoms with Crippen LogP contribution in [-0.2, 0) is 11.3 Å². The van der Waals surface area contributed by atoms with E-state index in [0.717, 1.165) is 64.2 Å². The van der Waals surface area contributed by atoms with Crippen LogP contribution in [0.2, 0.25) is 10.0 Å². The minimum absolute atomic E-state index is 0.119. The van der Waals surface area contributed by atoms with Crippen molar-refractivity contribution in [3.05, 3.63) is 33.8 Å². The van der Waals surface area contributed by atoms with Gasteiger partial charge in [0.1, 0.15) is 0 Å². The number of benzene rings is 1. The van der Waals surface area contributed by atoms with E-state index in [0.29, 0.717) is 16.0 Å². The van der Waals surface area contributed by atoms with Crippen LogP contribution in [0.1, 0.15) is 18.4 Å². The molecule has 3 rings (SSSR count). The number of nitrogens with zero attached hydrogens (tertiary/aromatic N) is 3. The van der Waals surface area contributed by atoms with Gasteiger partial charge < -0.3 is 9.80 Å². The second kappa shape index (κ2) is 8.05. The van der Waals surface area contributed by atoms with Crippen molar-refractivity contribution in [1.29, 1.82) is 0 Å². The normalized spacial score (nSPS) is 23.5. The van der Waals surface area contributed by atoms with Gasteiger partial charge in [-0.2, -0.15) is 0 Å².